The fourth-order valence-electron chi connectivity index (χ4n) is 1.61. The summed E-state index contributed by atoms with van der Waals surface area (Å²) in [7, 11) is 0. The highest BCUT2D eigenvalue weighted by Gasteiger charge is 2.14. The average molecular weight is 324 g/mol. The molecule has 0 saturated heterocycles. The van der Waals surface area contributed by atoms with Crippen LogP contribution in [0.1, 0.15) is 32.8 Å². The molecule has 0 spiro atoms. The first-order valence-corrected chi connectivity index (χ1v) is 7.33. The van der Waals surface area contributed by atoms with Gasteiger partial charge in [-0.15, -0.1) is 6.42 Å². The van der Waals surface area contributed by atoms with Gasteiger partial charge in [0.25, 0.3) is 0 Å². The summed E-state index contributed by atoms with van der Waals surface area (Å²) in [6, 6.07) is 5.98. The fourth-order valence-corrected chi connectivity index (χ4v) is 2.02. The monoisotopic (exact) mass is 323 g/mol. The molecule has 19 heavy (non-hydrogen) atoms. The van der Waals surface area contributed by atoms with Crippen molar-refractivity contribution in [2.75, 3.05) is 13.2 Å². The minimum atomic E-state index is 0.301. The number of nitrogens with one attached hydrogen (secondary N) is 1. The minimum Gasteiger partial charge on any atom is -0.481 e. The molecule has 0 bridgehead atoms. The number of halogens is 1. The van der Waals surface area contributed by atoms with Gasteiger partial charge >= 0.3 is 0 Å². The molecule has 0 amide bonds. The van der Waals surface area contributed by atoms with Gasteiger partial charge in [-0.05, 0) is 30.0 Å². The number of ether oxygens (including phenoxy) is 1. The van der Waals surface area contributed by atoms with Crippen LogP contribution in [0, 0.1) is 17.8 Å². The van der Waals surface area contributed by atoms with Crippen molar-refractivity contribution in [3.63, 3.8) is 0 Å². The maximum atomic E-state index is 5.55. The third-order valence-corrected chi connectivity index (χ3v) is 3.70. The van der Waals surface area contributed by atoms with Crippen LogP contribution in [0.5, 0.6) is 5.75 Å². The molecule has 0 fully saturated rings. The van der Waals surface area contributed by atoms with Crippen LogP contribution >= 0.6 is 15.9 Å². The average Bonchev–Trinajstić information content (AvgIpc) is 2.38. The Bertz CT molecular complexity index is 449. The summed E-state index contributed by atoms with van der Waals surface area (Å²) < 4.78 is 6.60. The van der Waals surface area contributed by atoms with E-state index in [1.165, 1.54) is 0 Å². The number of hydrogen-bond acceptors (Lipinski definition) is 2. The number of hydrogen-bond donors (Lipinski definition) is 1. The van der Waals surface area contributed by atoms with Crippen molar-refractivity contribution in [1.82, 2.24) is 5.32 Å². The molecular formula is C16H22BrNO. The lowest BCUT2D eigenvalue weighted by Crippen LogP contribution is -2.28. The quantitative estimate of drug-likeness (QED) is 0.766. The van der Waals surface area contributed by atoms with Crippen molar-refractivity contribution in [2.45, 2.75) is 33.7 Å². The molecule has 0 aromatic heterocycles. The molecule has 0 unspecified atom stereocenters. The van der Waals surface area contributed by atoms with Gasteiger partial charge < -0.3 is 10.1 Å². The van der Waals surface area contributed by atoms with Gasteiger partial charge in [-0.3, -0.25) is 0 Å². The van der Waals surface area contributed by atoms with Crippen LogP contribution in [0.25, 0.3) is 0 Å². The van der Waals surface area contributed by atoms with Gasteiger partial charge in [0.15, 0.2) is 0 Å². The number of terminal acetylenes is 1. The van der Waals surface area contributed by atoms with Gasteiger partial charge in [0.2, 0.25) is 0 Å². The van der Waals surface area contributed by atoms with Gasteiger partial charge in [0, 0.05) is 23.1 Å². The highest BCUT2D eigenvalue weighted by Crippen LogP contribution is 2.24. The fraction of sp³-hybridized carbons (Fsp3) is 0.500. The third-order valence-electron chi connectivity index (χ3n) is 3.21. The highest BCUT2D eigenvalue weighted by atomic mass is 79.9. The molecule has 1 rings (SSSR count). The SMILES string of the molecule is C#CCOc1ccc(Br)cc1CNCC(C)(C)CC. The lowest BCUT2D eigenvalue weighted by atomic mass is 9.90. The molecule has 0 radical (unpaired) electrons. The van der Waals surface area contributed by atoms with E-state index in [2.05, 4.69) is 54.0 Å². The van der Waals surface area contributed by atoms with E-state index in [-0.39, 0.29) is 0 Å². The van der Waals surface area contributed by atoms with Crippen molar-refractivity contribution in [3.05, 3.63) is 28.2 Å². The topological polar surface area (TPSA) is 21.3 Å². The Labute approximate surface area is 125 Å². The first-order valence-electron chi connectivity index (χ1n) is 6.54. The summed E-state index contributed by atoms with van der Waals surface area (Å²) in [5.41, 5.74) is 1.43. The van der Waals surface area contributed by atoms with Gasteiger partial charge in [0.05, 0.1) is 0 Å². The van der Waals surface area contributed by atoms with Crippen molar-refractivity contribution in [2.24, 2.45) is 5.41 Å². The summed E-state index contributed by atoms with van der Waals surface area (Å²) in [5.74, 6) is 3.34. The number of benzene rings is 1. The second kappa shape index (κ2) is 7.57. The van der Waals surface area contributed by atoms with Crippen LogP contribution < -0.4 is 10.1 Å². The third kappa shape index (κ3) is 5.67. The van der Waals surface area contributed by atoms with Gasteiger partial charge in [-0.2, -0.15) is 0 Å². The van der Waals surface area contributed by atoms with Crippen molar-refractivity contribution < 1.29 is 4.74 Å². The predicted octanol–water partition coefficient (Wildman–Crippen LogP) is 3.99. The molecule has 3 heteroatoms. The predicted molar refractivity (Wildman–Crippen MR) is 84.2 cm³/mol. The van der Waals surface area contributed by atoms with Crippen LogP contribution in [0.3, 0.4) is 0 Å². The Morgan fingerprint density at radius 1 is 1.42 bits per heavy atom. The second-order valence-electron chi connectivity index (χ2n) is 5.37. The summed E-state index contributed by atoms with van der Waals surface area (Å²) in [5, 5.41) is 3.48. The van der Waals surface area contributed by atoms with E-state index in [1.54, 1.807) is 0 Å². The Morgan fingerprint density at radius 3 is 2.79 bits per heavy atom. The molecule has 0 atom stereocenters. The maximum Gasteiger partial charge on any atom is 0.148 e. The first kappa shape index (κ1) is 16.1. The van der Waals surface area contributed by atoms with Gasteiger partial charge in [0.1, 0.15) is 12.4 Å². The Morgan fingerprint density at radius 2 is 2.16 bits per heavy atom. The summed E-state index contributed by atoms with van der Waals surface area (Å²) in [6.07, 6.45) is 6.38. The highest BCUT2D eigenvalue weighted by molar-refractivity contribution is 9.10. The largest absolute Gasteiger partial charge is 0.481 e. The van der Waals surface area contributed by atoms with E-state index in [0.29, 0.717) is 12.0 Å². The molecule has 0 aliphatic rings. The summed E-state index contributed by atoms with van der Waals surface area (Å²) in [4.78, 5) is 0. The van der Waals surface area contributed by atoms with E-state index >= 15 is 0 Å². The summed E-state index contributed by atoms with van der Waals surface area (Å²) >= 11 is 3.49. The Balaban J connectivity index is 2.65. The molecule has 1 aromatic carbocycles. The molecular weight excluding hydrogens is 302 g/mol. The van der Waals surface area contributed by atoms with Crippen LogP contribution in [-0.2, 0) is 6.54 Å². The zero-order valence-electron chi connectivity index (χ0n) is 11.9. The minimum absolute atomic E-state index is 0.301. The van der Waals surface area contributed by atoms with Crippen molar-refractivity contribution in [3.8, 4) is 18.1 Å². The second-order valence-corrected chi connectivity index (χ2v) is 6.28. The van der Waals surface area contributed by atoms with Crippen LogP contribution in [0.15, 0.2) is 22.7 Å². The molecule has 1 N–H and O–H groups in total. The van der Waals surface area contributed by atoms with E-state index in [0.717, 1.165) is 35.3 Å². The molecule has 1 aromatic rings. The molecule has 0 aliphatic carbocycles. The lowest BCUT2D eigenvalue weighted by Gasteiger charge is -2.23. The van der Waals surface area contributed by atoms with E-state index < -0.39 is 0 Å². The molecule has 0 aliphatic heterocycles. The Kier molecular flexibility index (Phi) is 6.41. The van der Waals surface area contributed by atoms with E-state index in [9.17, 15) is 0 Å². The van der Waals surface area contributed by atoms with Crippen molar-refractivity contribution in [1.29, 1.82) is 0 Å². The van der Waals surface area contributed by atoms with E-state index in [4.69, 9.17) is 11.2 Å². The molecule has 104 valence electrons. The first-order chi connectivity index (χ1) is 8.98. The molecule has 2 nitrogen and oxygen atoms in total. The zero-order valence-corrected chi connectivity index (χ0v) is 13.5. The van der Waals surface area contributed by atoms with Crippen LogP contribution in [0.2, 0.25) is 0 Å². The summed E-state index contributed by atoms with van der Waals surface area (Å²) in [6.45, 7) is 8.79. The van der Waals surface area contributed by atoms with Crippen LogP contribution in [0.4, 0.5) is 0 Å². The van der Waals surface area contributed by atoms with E-state index in [1.807, 2.05) is 12.1 Å². The smallest absolute Gasteiger partial charge is 0.148 e. The lowest BCUT2D eigenvalue weighted by molar-refractivity contribution is 0.324. The van der Waals surface area contributed by atoms with Gasteiger partial charge in [-0.25, -0.2) is 0 Å². The molecule has 0 heterocycles. The maximum absolute atomic E-state index is 5.55. The normalized spacial score (nSPS) is 11.1. The number of rotatable bonds is 7. The standard InChI is InChI=1S/C16H22BrNO/c1-5-9-19-15-8-7-14(17)10-13(15)11-18-12-16(3,4)6-2/h1,7-8,10,18H,6,9,11-12H2,2-4H3. The Hall–Kier alpha value is -0.980. The molecule has 0 saturated carbocycles. The van der Waals surface area contributed by atoms with Crippen molar-refractivity contribution >= 4 is 15.9 Å². The van der Waals surface area contributed by atoms with Gasteiger partial charge in [-0.1, -0.05) is 42.6 Å². The zero-order chi connectivity index (χ0) is 14.3. The van der Waals surface area contributed by atoms with Crippen LogP contribution in [-0.4, -0.2) is 13.2 Å².